The Bertz CT molecular complexity index is 878. The van der Waals surface area contributed by atoms with Gasteiger partial charge >= 0.3 is 0 Å². The maximum absolute atomic E-state index is 12.7. The molecule has 2 aromatic carbocycles. The van der Waals surface area contributed by atoms with Gasteiger partial charge in [-0.2, -0.15) is 0 Å². The summed E-state index contributed by atoms with van der Waals surface area (Å²) in [6, 6.07) is 10.8. The van der Waals surface area contributed by atoms with Gasteiger partial charge in [-0.25, -0.2) is 0 Å². The minimum absolute atomic E-state index is 0.157. The number of nitrogens with zero attached hydrogens (tertiary/aromatic N) is 1. The number of methoxy groups -OCH3 is 2. The van der Waals surface area contributed by atoms with Crippen LogP contribution in [-0.4, -0.2) is 38.3 Å². The molecular formula is C21H24ClN3O3S. The van der Waals surface area contributed by atoms with Crippen LogP contribution in [0.25, 0.3) is 0 Å². The molecule has 3 rings (SSSR count). The number of nitrogens with one attached hydrogen (secondary N) is 2. The van der Waals surface area contributed by atoms with E-state index in [1.807, 2.05) is 18.2 Å². The normalized spacial score (nSPS) is 13.6. The molecule has 1 amide bonds. The summed E-state index contributed by atoms with van der Waals surface area (Å²) < 4.78 is 10.5. The van der Waals surface area contributed by atoms with Crippen LogP contribution in [0.15, 0.2) is 36.4 Å². The minimum atomic E-state index is -0.423. The summed E-state index contributed by atoms with van der Waals surface area (Å²) in [4.78, 5) is 15.0. The number of carbonyl (C=O) groups is 1. The van der Waals surface area contributed by atoms with Crippen molar-refractivity contribution in [1.29, 1.82) is 0 Å². The zero-order valence-corrected chi connectivity index (χ0v) is 18.0. The lowest BCUT2D eigenvalue weighted by atomic mass is 10.1. The number of hydrogen-bond donors (Lipinski definition) is 2. The highest BCUT2D eigenvalue weighted by molar-refractivity contribution is 7.80. The summed E-state index contributed by atoms with van der Waals surface area (Å²) in [6.07, 6.45) is 3.62. The first-order chi connectivity index (χ1) is 14.0. The maximum atomic E-state index is 12.7. The Morgan fingerprint density at radius 3 is 2.31 bits per heavy atom. The van der Waals surface area contributed by atoms with Crippen molar-refractivity contribution in [3.63, 3.8) is 0 Å². The first-order valence-corrected chi connectivity index (χ1v) is 10.2. The van der Waals surface area contributed by atoms with Crippen LogP contribution in [0, 0.1) is 0 Å². The van der Waals surface area contributed by atoms with Gasteiger partial charge in [0.25, 0.3) is 5.91 Å². The van der Waals surface area contributed by atoms with Crippen LogP contribution < -0.4 is 25.0 Å². The van der Waals surface area contributed by atoms with Crippen molar-refractivity contribution in [3.05, 3.63) is 47.0 Å². The lowest BCUT2D eigenvalue weighted by Crippen LogP contribution is -2.34. The topological polar surface area (TPSA) is 62.8 Å². The van der Waals surface area contributed by atoms with Gasteiger partial charge in [0.05, 0.1) is 24.9 Å². The van der Waals surface area contributed by atoms with E-state index >= 15 is 0 Å². The molecule has 1 fully saturated rings. The van der Waals surface area contributed by atoms with Crippen LogP contribution in [0.3, 0.4) is 0 Å². The molecule has 0 aliphatic carbocycles. The van der Waals surface area contributed by atoms with Crippen LogP contribution in [0.5, 0.6) is 11.5 Å². The first kappa shape index (κ1) is 21.2. The van der Waals surface area contributed by atoms with Crippen molar-refractivity contribution < 1.29 is 14.3 Å². The van der Waals surface area contributed by atoms with E-state index in [-0.39, 0.29) is 10.7 Å². The van der Waals surface area contributed by atoms with Gasteiger partial charge < -0.3 is 19.7 Å². The van der Waals surface area contributed by atoms with Gasteiger partial charge in [-0.3, -0.25) is 10.1 Å². The van der Waals surface area contributed by atoms with E-state index in [0.717, 1.165) is 18.8 Å². The highest BCUT2D eigenvalue weighted by Crippen LogP contribution is 2.31. The average molecular weight is 434 g/mol. The number of carbonyl (C=O) groups excluding carboxylic acids is 1. The molecule has 0 radical (unpaired) electrons. The Morgan fingerprint density at radius 1 is 1.07 bits per heavy atom. The summed E-state index contributed by atoms with van der Waals surface area (Å²) in [7, 11) is 2.99. The van der Waals surface area contributed by atoms with E-state index < -0.39 is 5.91 Å². The van der Waals surface area contributed by atoms with Gasteiger partial charge in [-0.05, 0) is 61.8 Å². The molecule has 2 N–H and O–H groups in total. The lowest BCUT2D eigenvalue weighted by Gasteiger charge is -2.29. The molecule has 154 valence electrons. The number of rotatable bonds is 5. The molecule has 6 nitrogen and oxygen atoms in total. The molecule has 1 aliphatic rings. The predicted molar refractivity (Wildman–Crippen MR) is 121 cm³/mol. The monoisotopic (exact) mass is 433 g/mol. The van der Waals surface area contributed by atoms with Crippen LogP contribution in [-0.2, 0) is 0 Å². The van der Waals surface area contributed by atoms with Gasteiger partial charge in [0.1, 0.15) is 17.1 Å². The van der Waals surface area contributed by atoms with E-state index in [1.54, 1.807) is 18.2 Å². The molecule has 0 aromatic heterocycles. The first-order valence-electron chi connectivity index (χ1n) is 9.41. The van der Waals surface area contributed by atoms with Crippen molar-refractivity contribution in [1.82, 2.24) is 5.32 Å². The van der Waals surface area contributed by atoms with Crippen LogP contribution in [0.1, 0.15) is 29.6 Å². The molecule has 0 spiro atoms. The number of benzene rings is 2. The Morgan fingerprint density at radius 2 is 1.72 bits per heavy atom. The van der Waals surface area contributed by atoms with E-state index in [1.165, 1.54) is 33.5 Å². The molecule has 0 saturated carbocycles. The Hall–Kier alpha value is -2.51. The lowest BCUT2D eigenvalue weighted by molar-refractivity contribution is 0.0971. The van der Waals surface area contributed by atoms with Gasteiger partial charge in [0, 0.05) is 18.8 Å². The number of hydrogen-bond acceptors (Lipinski definition) is 5. The number of halogens is 1. The molecule has 8 heteroatoms. The molecule has 1 aliphatic heterocycles. The van der Waals surface area contributed by atoms with Gasteiger partial charge in [0.2, 0.25) is 0 Å². The Labute approximate surface area is 181 Å². The smallest absolute Gasteiger partial charge is 0.264 e. The molecule has 1 heterocycles. The summed E-state index contributed by atoms with van der Waals surface area (Å²) in [5.74, 6) is 0.380. The number of ether oxygens (including phenoxy) is 2. The Kier molecular flexibility index (Phi) is 7.17. The molecular weight excluding hydrogens is 410 g/mol. The SMILES string of the molecule is COc1cccc(OC)c1C(=O)NC(=S)Nc1ccc(N2CCCCC2)c(Cl)c1. The zero-order valence-electron chi connectivity index (χ0n) is 16.5. The average Bonchev–Trinajstić information content (AvgIpc) is 2.73. The van der Waals surface area contributed by atoms with Crippen molar-refractivity contribution in [3.8, 4) is 11.5 Å². The molecule has 0 unspecified atom stereocenters. The van der Waals surface area contributed by atoms with E-state index in [0.29, 0.717) is 22.2 Å². The summed E-state index contributed by atoms with van der Waals surface area (Å²) in [5.41, 5.74) is 2.00. The number of anilines is 2. The molecule has 2 aromatic rings. The fraction of sp³-hybridized carbons (Fsp3) is 0.333. The van der Waals surface area contributed by atoms with Crippen LogP contribution in [0.4, 0.5) is 11.4 Å². The van der Waals surface area contributed by atoms with Crippen LogP contribution in [0.2, 0.25) is 5.02 Å². The highest BCUT2D eigenvalue weighted by atomic mass is 35.5. The summed E-state index contributed by atoms with van der Waals surface area (Å²) >= 11 is 11.8. The van der Waals surface area contributed by atoms with Crippen molar-refractivity contribution >= 4 is 46.2 Å². The number of thiocarbonyl (C=S) groups is 1. The quantitative estimate of drug-likeness (QED) is 0.678. The largest absolute Gasteiger partial charge is 0.496 e. The molecule has 0 atom stereocenters. The molecule has 29 heavy (non-hydrogen) atoms. The third-order valence-corrected chi connectivity index (χ3v) is 5.29. The van der Waals surface area contributed by atoms with Gasteiger partial charge in [-0.1, -0.05) is 17.7 Å². The third kappa shape index (κ3) is 5.10. The number of piperidine rings is 1. The minimum Gasteiger partial charge on any atom is -0.496 e. The van der Waals surface area contributed by atoms with E-state index in [4.69, 9.17) is 33.3 Å². The fourth-order valence-corrected chi connectivity index (χ4v) is 3.89. The predicted octanol–water partition coefficient (Wildman–Crippen LogP) is 4.47. The van der Waals surface area contributed by atoms with Crippen molar-refractivity contribution in [2.24, 2.45) is 0 Å². The second-order valence-electron chi connectivity index (χ2n) is 6.66. The van der Waals surface area contributed by atoms with E-state index in [2.05, 4.69) is 15.5 Å². The van der Waals surface area contributed by atoms with Crippen LogP contribution >= 0.6 is 23.8 Å². The Balaban J connectivity index is 1.68. The van der Waals surface area contributed by atoms with Gasteiger partial charge in [0.15, 0.2) is 5.11 Å². The maximum Gasteiger partial charge on any atom is 0.264 e. The highest BCUT2D eigenvalue weighted by Gasteiger charge is 2.19. The van der Waals surface area contributed by atoms with Crippen molar-refractivity contribution in [2.75, 3.05) is 37.5 Å². The number of amides is 1. The second-order valence-corrected chi connectivity index (χ2v) is 7.48. The molecule has 1 saturated heterocycles. The van der Waals surface area contributed by atoms with Crippen molar-refractivity contribution in [2.45, 2.75) is 19.3 Å². The standard InChI is InChI=1S/C21H24ClN3O3S/c1-27-17-7-6-8-18(28-2)19(17)20(26)24-21(29)23-14-9-10-16(15(22)13-14)25-11-4-3-5-12-25/h6-10,13H,3-5,11-12H2,1-2H3,(H2,23,24,26,29). The summed E-state index contributed by atoms with van der Waals surface area (Å²) in [5, 5.41) is 6.47. The van der Waals surface area contributed by atoms with Gasteiger partial charge in [-0.15, -0.1) is 0 Å². The van der Waals surface area contributed by atoms with E-state index in [9.17, 15) is 4.79 Å². The fourth-order valence-electron chi connectivity index (χ4n) is 3.38. The summed E-state index contributed by atoms with van der Waals surface area (Å²) in [6.45, 7) is 2.03. The molecule has 0 bridgehead atoms. The third-order valence-electron chi connectivity index (χ3n) is 4.78. The zero-order chi connectivity index (χ0) is 20.8. The second kappa shape index (κ2) is 9.80.